The lowest BCUT2D eigenvalue weighted by Gasteiger charge is -2.55. The molecule has 28 heavy (non-hydrogen) atoms. The molecule has 2 N–H and O–H groups in total. The van der Waals surface area contributed by atoms with E-state index in [1.54, 1.807) is 0 Å². The highest BCUT2D eigenvalue weighted by atomic mass is 35.5. The number of carbonyl (C=O) groups is 1. The van der Waals surface area contributed by atoms with Gasteiger partial charge in [0.2, 0.25) is 5.91 Å². The minimum absolute atomic E-state index is 0. The molecule has 5 rings (SSSR count). The van der Waals surface area contributed by atoms with Crippen LogP contribution in [0.4, 0.5) is 0 Å². The van der Waals surface area contributed by atoms with Crippen molar-refractivity contribution in [2.45, 2.75) is 44.1 Å². The van der Waals surface area contributed by atoms with Gasteiger partial charge in [-0.2, -0.15) is 0 Å². The van der Waals surface area contributed by atoms with Crippen LogP contribution in [0.1, 0.15) is 54.4 Å². The van der Waals surface area contributed by atoms with Gasteiger partial charge in [-0.1, -0.05) is 18.6 Å². The molecule has 4 fully saturated rings. The number of hydrogen-bond donors (Lipinski definition) is 1. The van der Waals surface area contributed by atoms with Gasteiger partial charge < -0.3 is 15.4 Å². The summed E-state index contributed by atoms with van der Waals surface area (Å²) < 4.78 is 6.33. The van der Waals surface area contributed by atoms with Gasteiger partial charge in [-0.05, 0) is 67.6 Å². The molecule has 0 radical (unpaired) electrons. The van der Waals surface area contributed by atoms with Gasteiger partial charge in [0, 0.05) is 44.1 Å². The molecule has 6 atom stereocenters. The molecule has 0 unspecified atom stereocenters. The lowest BCUT2D eigenvalue weighted by Crippen LogP contribution is -2.59. The van der Waals surface area contributed by atoms with E-state index in [-0.39, 0.29) is 23.9 Å². The number of nitrogens with zero attached hydrogens (tertiary/aromatic N) is 1. The number of hydrogen-bond acceptors (Lipinski definition) is 3. The average Bonchev–Trinajstić information content (AvgIpc) is 3.27. The van der Waals surface area contributed by atoms with E-state index in [1.807, 2.05) is 25.3 Å². The first-order valence-electron chi connectivity index (χ1n) is 10.8. The summed E-state index contributed by atoms with van der Waals surface area (Å²) in [6, 6.07) is 7.90. The lowest BCUT2D eigenvalue weighted by atomic mass is 9.62. The van der Waals surface area contributed by atoms with Crippen LogP contribution in [0, 0.1) is 29.6 Å². The highest BCUT2D eigenvalue weighted by molar-refractivity contribution is 5.92. The van der Waals surface area contributed by atoms with Crippen LogP contribution in [0.2, 0.25) is 0 Å². The van der Waals surface area contributed by atoms with E-state index in [1.165, 1.54) is 45.1 Å². The van der Waals surface area contributed by atoms with Crippen molar-refractivity contribution in [3.8, 4) is 0 Å². The number of rotatable bonds is 5. The first kappa shape index (κ1) is 20.2. The molecule has 0 spiro atoms. The third kappa shape index (κ3) is 3.28. The number of piperidine rings is 1. The molecular formula is C23H33ClN2O2. The van der Waals surface area contributed by atoms with Gasteiger partial charge in [-0.3, -0.25) is 4.79 Å². The monoisotopic (exact) mass is 404 g/mol. The predicted molar refractivity (Wildman–Crippen MR) is 112 cm³/mol. The summed E-state index contributed by atoms with van der Waals surface area (Å²) in [5.74, 6) is 3.68. The molecule has 1 heterocycles. The smallest absolute Gasteiger partial charge is 0.248 e. The van der Waals surface area contributed by atoms with E-state index in [0.29, 0.717) is 17.4 Å². The average molecular weight is 405 g/mol. The van der Waals surface area contributed by atoms with Gasteiger partial charge in [0.25, 0.3) is 0 Å². The third-order valence-electron chi connectivity index (χ3n) is 8.07. The number of ether oxygens (including phenoxy) is 1. The maximum absolute atomic E-state index is 11.7. The fraction of sp³-hybridized carbons (Fsp3) is 0.696. The van der Waals surface area contributed by atoms with Crippen molar-refractivity contribution in [3.63, 3.8) is 0 Å². The molecule has 1 saturated heterocycles. The Morgan fingerprint density at radius 1 is 1.18 bits per heavy atom. The first-order valence-corrected chi connectivity index (χ1v) is 10.8. The Morgan fingerprint density at radius 2 is 1.86 bits per heavy atom. The topological polar surface area (TPSA) is 55.6 Å². The van der Waals surface area contributed by atoms with E-state index < -0.39 is 0 Å². The van der Waals surface area contributed by atoms with Crippen molar-refractivity contribution in [2.75, 3.05) is 26.7 Å². The van der Waals surface area contributed by atoms with Crippen molar-refractivity contribution in [3.05, 3.63) is 35.4 Å². The van der Waals surface area contributed by atoms with Gasteiger partial charge in [-0.15, -0.1) is 12.4 Å². The highest BCUT2D eigenvalue weighted by Gasteiger charge is 2.54. The largest absolute Gasteiger partial charge is 0.373 e. The number of amides is 1. The Labute approximate surface area is 174 Å². The number of primary amides is 1. The SMILES string of the molecule is CO[C@]1(c2cccc(C(N)=O)c2)[C@@H]2CCC[C@H]1CN(C[C@@H]1C[C@@H]3C[C@@H]3C1)C2.Cl. The summed E-state index contributed by atoms with van der Waals surface area (Å²) in [5.41, 5.74) is 7.03. The zero-order chi connectivity index (χ0) is 18.6. The quantitative estimate of drug-likeness (QED) is 0.811. The van der Waals surface area contributed by atoms with Crippen LogP contribution >= 0.6 is 12.4 Å². The zero-order valence-electron chi connectivity index (χ0n) is 16.8. The van der Waals surface area contributed by atoms with Crippen LogP contribution in [0.3, 0.4) is 0 Å². The van der Waals surface area contributed by atoms with Gasteiger partial charge in [0.15, 0.2) is 0 Å². The van der Waals surface area contributed by atoms with Crippen molar-refractivity contribution in [1.82, 2.24) is 4.90 Å². The van der Waals surface area contributed by atoms with Gasteiger partial charge in [0.1, 0.15) is 5.60 Å². The molecule has 4 nitrogen and oxygen atoms in total. The predicted octanol–water partition coefficient (Wildman–Crippen LogP) is 3.83. The highest BCUT2D eigenvalue weighted by Crippen LogP contribution is 2.55. The summed E-state index contributed by atoms with van der Waals surface area (Å²) in [4.78, 5) is 14.5. The standard InChI is InChI=1S/C23H32N2O2.ClH/c1-27-23(19-5-2-4-16(11-19)22(24)26)20-6-3-7-21(23)14-25(13-20)12-15-8-17-10-18(17)9-15;/h2,4-5,11,15,17-18,20-21H,3,6-10,12-14H2,1H3,(H2,24,26);1H/t15-,17-,18+,20-,21+,23-;. The number of fused-ring (bicyclic) bond motifs is 3. The van der Waals surface area contributed by atoms with Crippen molar-refractivity contribution in [2.24, 2.45) is 35.3 Å². The molecule has 1 aromatic rings. The Hall–Kier alpha value is -1.10. The number of nitrogens with two attached hydrogens (primary N) is 1. The van der Waals surface area contributed by atoms with Crippen LogP contribution in [0.25, 0.3) is 0 Å². The van der Waals surface area contributed by atoms with Crippen LogP contribution in [-0.4, -0.2) is 37.6 Å². The Bertz CT molecular complexity index is 715. The van der Waals surface area contributed by atoms with Crippen LogP contribution in [0.5, 0.6) is 0 Å². The van der Waals surface area contributed by atoms with Crippen molar-refractivity contribution in [1.29, 1.82) is 0 Å². The van der Waals surface area contributed by atoms with E-state index in [9.17, 15) is 4.79 Å². The number of carbonyl (C=O) groups excluding carboxylic acids is 1. The first-order chi connectivity index (χ1) is 13.1. The maximum Gasteiger partial charge on any atom is 0.248 e. The van der Waals surface area contributed by atoms with Gasteiger partial charge in [-0.25, -0.2) is 0 Å². The second-order valence-electron chi connectivity index (χ2n) is 9.58. The molecule has 4 aliphatic rings. The van der Waals surface area contributed by atoms with Gasteiger partial charge in [0.05, 0.1) is 0 Å². The van der Waals surface area contributed by atoms with E-state index >= 15 is 0 Å². The number of benzene rings is 1. The summed E-state index contributed by atoms with van der Waals surface area (Å²) in [6.45, 7) is 3.52. The maximum atomic E-state index is 11.7. The zero-order valence-corrected chi connectivity index (χ0v) is 17.6. The van der Waals surface area contributed by atoms with E-state index in [4.69, 9.17) is 10.5 Å². The molecule has 154 valence electrons. The molecule has 1 aromatic carbocycles. The Balaban J connectivity index is 0.00000192. The van der Waals surface area contributed by atoms with Crippen LogP contribution in [0.15, 0.2) is 24.3 Å². The van der Waals surface area contributed by atoms with E-state index in [2.05, 4.69) is 11.0 Å². The van der Waals surface area contributed by atoms with Gasteiger partial charge >= 0.3 is 0 Å². The number of likely N-dealkylation sites (tertiary alicyclic amines) is 1. The summed E-state index contributed by atoms with van der Waals surface area (Å²) in [6.07, 6.45) is 8.14. The third-order valence-corrected chi connectivity index (χ3v) is 8.07. The molecule has 0 aromatic heterocycles. The minimum Gasteiger partial charge on any atom is -0.373 e. The van der Waals surface area contributed by atoms with Crippen molar-refractivity contribution < 1.29 is 9.53 Å². The normalized spacial score (nSPS) is 39.1. The number of halogens is 1. The summed E-state index contributed by atoms with van der Waals surface area (Å²) >= 11 is 0. The molecule has 3 aliphatic carbocycles. The van der Waals surface area contributed by atoms with Crippen LogP contribution in [-0.2, 0) is 10.3 Å². The molecule has 1 amide bonds. The second-order valence-corrected chi connectivity index (χ2v) is 9.58. The Kier molecular flexibility index (Phi) is 5.49. The Morgan fingerprint density at radius 3 is 2.46 bits per heavy atom. The second kappa shape index (κ2) is 7.62. The van der Waals surface area contributed by atoms with Crippen molar-refractivity contribution >= 4 is 18.3 Å². The number of methoxy groups -OCH3 is 1. The fourth-order valence-corrected chi connectivity index (χ4v) is 6.87. The lowest BCUT2D eigenvalue weighted by molar-refractivity contribution is -0.170. The summed E-state index contributed by atoms with van der Waals surface area (Å²) in [7, 11) is 1.86. The summed E-state index contributed by atoms with van der Waals surface area (Å²) in [5, 5.41) is 0. The fourth-order valence-electron chi connectivity index (χ4n) is 6.87. The molecule has 2 bridgehead atoms. The van der Waals surface area contributed by atoms with Crippen LogP contribution < -0.4 is 5.73 Å². The molecule has 3 saturated carbocycles. The molecular weight excluding hydrogens is 372 g/mol. The molecule has 1 aliphatic heterocycles. The van der Waals surface area contributed by atoms with E-state index in [0.717, 1.165) is 36.4 Å². The molecule has 5 heteroatoms. The minimum atomic E-state index is -0.356.